The molecule has 0 saturated carbocycles. The maximum atomic E-state index is 9.52. The average molecular weight is 242 g/mol. The van der Waals surface area contributed by atoms with Crippen LogP contribution in [0.2, 0.25) is 0 Å². The summed E-state index contributed by atoms with van der Waals surface area (Å²) in [6, 6.07) is 18.0. The lowest BCUT2D eigenvalue weighted by atomic mass is 10.0. The van der Waals surface area contributed by atoms with E-state index in [0.29, 0.717) is 0 Å². The third kappa shape index (κ3) is 2.90. The van der Waals surface area contributed by atoms with Gasteiger partial charge >= 0.3 is 0 Å². The van der Waals surface area contributed by atoms with Gasteiger partial charge in [0.05, 0.1) is 6.10 Å². The molecule has 2 rings (SSSR count). The molecule has 0 bridgehead atoms. The lowest BCUT2D eigenvalue weighted by Gasteiger charge is -2.19. The third-order valence-corrected chi connectivity index (χ3v) is 2.96. The fraction of sp³-hybridized carbons (Fsp3) is 0.250. The van der Waals surface area contributed by atoms with Gasteiger partial charge in [-0.05, 0) is 25.5 Å². The SMILES string of the molecule is CC(Oc1ccccc1-c1ccccc1)[C@@H](C)O. The van der Waals surface area contributed by atoms with Crippen molar-refractivity contribution in [3.8, 4) is 16.9 Å². The summed E-state index contributed by atoms with van der Waals surface area (Å²) in [5.74, 6) is 0.803. The van der Waals surface area contributed by atoms with Crippen LogP contribution in [0.5, 0.6) is 5.75 Å². The molecular weight excluding hydrogens is 224 g/mol. The highest BCUT2D eigenvalue weighted by Gasteiger charge is 2.13. The van der Waals surface area contributed by atoms with Gasteiger partial charge in [0.15, 0.2) is 0 Å². The van der Waals surface area contributed by atoms with Gasteiger partial charge in [0.2, 0.25) is 0 Å². The van der Waals surface area contributed by atoms with Crippen molar-refractivity contribution in [2.75, 3.05) is 0 Å². The molecule has 0 spiro atoms. The quantitative estimate of drug-likeness (QED) is 0.889. The molecule has 2 aromatic rings. The van der Waals surface area contributed by atoms with Gasteiger partial charge < -0.3 is 9.84 Å². The molecule has 0 aliphatic heterocycles. The summed E-state index contributed by atoms with van der Waals surface area (Å²) >= 11 is 0. The Kier molecular flexibility index (Phi) is 4.00. The van der Waals surface area contributed by atoms with Crippen LogP contribution < -0.4 is 4.74 Å². The number of hydrogen-bond donors (Lipinski definition) is 1. The van der Waals surface area contributed by atoms with Crippen molar-refractivity contribution in [3.05, 3.63) is 54.6 Å². The molecule has 0 aromatic heterocycles. The smallest absolute Gasteiger partial charge is 0.127 e. The zero-order valence-electron chi connectivity index (χ0n) is 10.7. The fourth-order valence-corrected chi connectivity index (χ4v) is 1.72. The summed E-state index contributed by atoms with van der Waals surface area (Å²) in [5, 5.41) is 9.52. The number of aliphatic hydroxyl groups excluding tert-OH is 1. The molecule has 0 amide bonds. The first kappa shape index (κ1) is 12.7. The second-order valence-corrected chi connectivity index (χ2v) is 4.43. The Labute approximate surface area is 108 Å². The largest absolute Gasteiger partial charge is 0.487 e. The standard InChI is InChI=1S/C16H18O2/c1-12(17)13(2)18-16-11-7-6-10-15(16)14-8-4-3-5-9-14/h3-13,17H,1-2H3/t12-,13?/m1/s1. The minimum atomic E-state index is -0.492. The number of benzene rings is 2. The van der Waals surface area contributed by atoms with Crippen LogP contribution in [0.3, 0.4) is 0 Å². The van der Waals surface area contributed by atoms with E-state index in [1.54, 1.807) is 6.92 Å². The van der Waals surface area contributed by atoms with E-state index in [4.69, 9.17) is 4.74 Å². The predicted octanol–water partition coefficient (Wildman–Crippen LogP) is 3.50. The summed E-state index contributed by atoms with van der Waals surface area (Å²) in [4.78, 5) is 0. The molecule has 0 fully saturated rings. The topological polar surface area (TPSA) is 29.5 Å². The van der Waals surface area contributed by atoms with Crippen LogP contribution >= 0.6 is 0 Å². The van der Waals surface area contributed by atoms with E-state index < -0.39 is 6.10 Å². The number of aliphatic hydroxyl groups is 1. The van der Waals surface area contributed by atoms with Crippen LogP contribution in [-0.2, 0) is 0 Å². The highest BCUT2D eigenvalue weighted by molar-refractivity contribution is 5.70. The lowest BCUT2D eigenvalue weighted by Crippen LogP contribution is -2.25. The second-order valence-electron chi connectivity index (χ2n) is 4.43. The number of para-hydroxylation sites is 1. The van der Waals surface area contributed by atoms with E-state index in [2.05, 4.69) is 12.1 Å². The van der Waals surface area contributed by atoms with E-state index in [0.717, 1.165) is 16.9 Å². The fourth-order valence-electron chi connectivity index (χ4n) is 1.72. The predicted molar refractivity (Wildman–Crippen MR) is 73.6 cm³/mol. The van der Waals surface area contributed by atoms with Gasteiger partial charge in [0.1, 0.15) is 11.9 Å². The highest BCUT2D eigenvalue weighted by atomic mass is 16.5. The van der Waals surface area contributed by atoms with Crippen molar-refractivity contribution in [1.82, 2.24) is 0 Å². The van der Waals surface area contributed by atoms with Crippen LogP contribution in [0.1, 0.15) is 13.8 Å². The average Bonchev–Trinajstić information content (AvgIpc) is 2.40. The van der Waals surface area contributed by atoms with Crippen molar-refractivity contribution < 1.29 is 9.84 Å². The van der Waals surface area contributed by atoms with Gasteiger partial charge in [-0.1, -0.05) is 48.5 Å². The van der Waals surface area contributed by atoms with Gasteiger partial charge in [-0.25, -0.2) is 0 Å². The van der Waals surface area contributed by atoms with Gasteiger partial charge in [0.25, 0.3) is 0 Å². The number of hydrogen-bond acceptors (Lipinski definition) is 2. The minimum Gasteiger partial charge on any atom is -0.487 e. The normalized spacial score (nSPS) is 13.9. The van der Waals surface area contributed by atoms with E-state index in [1.807, 2.05) is 49.4 Å². The molecule has 0 saturated heterocycles. The molecule has 2 aromatic carbocycles. The van der Waals surface area contributed by atoms with E-state index in [9.17, 15) is 5.11 Å². The summed E-state index contributed by atoms with van der Waals surface area (Å²) in [5.41, 5.74) is 2.16. The molecule has 94 valence electrons. The molecule has 1 unspecified atom stereocenters. The first-order valence-electron chi connectivity index (χ1n) is 6.17. The zero-order chi connectivity index (χ0) is 13.0. The minimum absolute atomic E-state index is 0.227. The first-order chi connectivity index (χ1) is 8.68. The van der Waals surface area contributed by atoms with E-state index >= 15 is 0 Å². The van der Waals surface area contributed by atoms with Crippen LogP contribution in [0.15, 0.2) is 54.6 Å². The summed E-state index contributed by atoms with van der Waals surface area (Å²) in [7, 11) is 0. The van der Waals surface area contributed by atoms with E-state index in [1.165, 1.54) is 0 Å². The maximum Gasteiger partial charge on any atom is 0.127 e. The maximum absolute atomic E-state index is 9.52. The molecule has 18 heavy (non-hydrogen) atoms. The lowest BCUT2D eigenvalue weighted by molar-refractivity contribution is 0.0608. The molecule has 2 nitrogen and oxygen atoms in total. The molecule has 0 aliphatic rings. The van der Waals surface area contributed by atoms with E-state index in [-0.39, 0.29) is 6.10 Å². The summed E-state index contributed by atoms with van der Waals surface area (Å²) in [6.07, 6.45) is -0.719. The first-order valence-corrected chi connectivity index (χ1v) is 6.17. The summed E-state index contributed by atoms with van der Waals surface area (Å²) in [6.45, 7) is 3.60. The van der Waals surface area contributed by atoms with Crippen molar-refractivity contribution in [2.24, 2.45) is 0 Å². The second kappa shape index (κ2) is 5.69. The molecule has 0 aliphatic carbocycles. The van der Waals surface area contributed by atoms with Gasteiger partial charge in [-0.15, -0.1) is 0 Å². The van der Waals surface area contributed by atoms with Gasteiger partial charge in [-0.3, -0.25) is 0 Å². The number of ether oxygens (including phenoxy) is 1. The molecule has 0 radical (unpaired) electrons. The van der Waals surface area contributed by atoms with Crippen molar-refractivity contribution in [3.63, 3.8) is 0 Å². The van der Waals surface area contributed by atoms with Crippen LogP contribution in [0.4, 0.5) is 0 Å². The number of rotatable bonds is 4. The Bertz CT molecular complexity index is 491. The molecule has 2 heteroatoms. The van der Waals surface area contributed by atoms with Crippen LogP contribution in [0, 0.1) is 0 Å². The Morgan fingerprint density at radius 3 is 2.17 bits per heavy atom. The Morgan fingerprint density at radius 2 is 1.50 bits per heavy atom. The Morgan fingerprint density at radius 1 is 0.889 bits per heavy atom. The van der Waals surface area contributed by atoms with Crippen LogP contribution in [0.25, 0.3) is 11.1 Å². The molecule has 1 N–H and O–H groups in total. The van der Waals surface area contributed by atoms with Gasteiger partial charge in [0, 0.05) is 5.56 Å². The van der Waals surface area contributed by atoms with Crippen molar-refractivity contribution in [2.45, 2.75) is 26.1 Å². The zero-order valence-corrected chi connectivity index (χ0v) is 10.7. The van der Waals surface area contributed by atoms with Crippen LogP contribution in [-0.4, -0.2) is 17.3 Å². The van der Waals surface area contributed by atoms with Crippen molar-refractivity contribution in [1.29, 1.82) is 0 Å². The molecular formula is C16H18O2. The molecule has 0 heterocycles. The van der Waals surface area contributed by atoms with Gasteiger partial charge in [-0.2, -0.15) is 0 Å². The summed E-state index contributed by atoms with van der Waals surface area (Å²) < 4.78 is 5.81. The molecule has 2 atom stereocenters. The Balaban J connectivity index is 2.32. The third-order valence-electron chi connectivity index (χ3n) is 2.96. The Hall–Kier alpha value is -1.80. The monoisotopic (exact) mass is 242 g/mol. The van der Waals surface area contributed by atoms with Crippen molar-refractivity contribution >= 4 is 0 Å². The highest BCUT2D eigenvalue weighted by Crippen LogP contribution is 2.30.